The Bertz CT molecular complexity index is 540. The Kier molecular flexibility index (Phi) is 4.50. The van der Waals surface area contributed by atoms with Gasteiger partial charge in [0.1, 0.15) is 5.82 Å². The summed E-state index contributed by atoms with van der Waals surface area (Å²) in [5.74, 6) is -0.183. The molecule has 0 amide bonds. The number of rotatable bonds is 4. The van der Waals surface area contributed by atoms with E-state index in [1.807, 2.05) is 43.3 Å². The minimum absolute atomic E-state index is 0.183. The number of benzene rings is 2. The molecule has 94 valence electrons. The van der Waals surface area contributed by atoms with Crippen molar-refractivity contribution in [1.82, 2.24) is 5.32 Å². The molecule has 0 saturated heterocycles. The second-order valence-electron chi connectivity index (χ2n) is 4.07. The van der Waals surface area contributed by atoms with Gasteiger partial charge in [0.15, 0.2) is 0 Å². The van der Waals surface area contributed by atoms with Crippen LogP contribution in [0, 0.1) is 5.82 Å². The highest BCUT2D eigenvalue weighted by molar-refractivity contribution is 9.10. The summed E-state index contributed by atoms with van der Waals surface area (Å²) in [6.07, 6.45) is 0. The summed E-state index contributed by atoms with van der Waals surface area (Å²) in [4.78, 5) is 0. The Morgan fingerprint density at radius 3 is 2.56 bits per heavy atom. The summed E-state index contributed by atoms with van der Waals surface area (Å²) in [5, 5.41) is 3.19. The van der Waals surface area contributed by atoms with Crippen molar-refractivity contribution in [2.75, 3.05) is 6.54 Å². The molecule has 18 heavy (non-hydrogen) atoms. The van der Waals surface area contributed by atoms with Crippen LogP contribution in [0.2, 0.25) is 0 Å². The Morgan fingerprint density at radius 2 is 1.89 bits per heavy atom. The third-order valence-electron chi connectivity index (χ3n) is 2.78. The van der Waals surface area contributed by atoms with E-state index < -0.39 is 0 Å². The molecule has 3 heteroatoms. The van der Waals surface area contributed by atoms with Crippen LogP contribution in [-0.4, -0.2) is 6.54 Å². The van der Waals surface area contributed by atoms with Crippen molar-refractivity contribution in [1.29, 1.82) is 0 Å². The lowest BCUT2D eigenvalue weighted by Crippen LogP contribution is -2.11. The summed E-state index contributed by atoms with van der Waals surface area (Å²) in [7, 11) is 0. The van der Waals surface area contributed by atoms with Gasteiger partial charge in [-0.15, -0.1) is 0 Å². The Morgan fingerprint density at radius 1 is 1.11 bits per heavy atom. The fourth-order valence-electron chi connectivity index (χ4n) is 1.84. The van der Waals surface area contributed by atoms with Gasteiger partial charge in [-0.2, -0.15) is 0 Å². The first-order valence-electron chi connectivity index (χ1n) is 5.96. The normalized spacial score (nSPS) is 10.6. The molecule has 0 aliphatic carbocycles. The van der Waals surface area contributed by atoms with Crippen LogP contribution in [-0.2, 0) is 6.54 Å². The largest absolute Gasteiger partial charge is 0.313 e. The standard InChI is InChI=1S/C15H15BrFN/c1-2-18-10-11-7-8-13(15(17)9-11)12-5-3-4-6-14(12)16/h3-9,18H,2,10H2,1H3. The van der Waals surface area contributed by atoms with Crippen LogP contribution in [0.3, 0.4) is 0 Å². The Hall–Kier alpha value is -1.19. The van der Waals surface area contributed by atoms with Crippen LogP contribution in [0.4, 0.5) is 4.39 Å². The topological polar surface area (TPSA) is 12.0 Å². The van der Waals surface area contributed by atoms with Crippen molar-refractivity contribution in [3.05, 3.63) is 58.3 Å². The van der Waals surface area contributed by atoms with Crippen LogP contribution in [0.5, 0.6) is 0 Å². The monoisotopic (exact) mass is 307 g/mol. The molecule has 2 rings (SSSR count). The predicted molar refractivity (Wildman–Crippen MR) is 76.9 cm³/mol. The van der Waals surface area contributed by atoms with E-state index in [9.17, 15) is 4.39 Å². The van der Waals surface area contributed by atoms with E-state index in [2.05, 4.69) is 21.2 Å². The summed E-state index contributed by atoms with van der Waals surface area (Å²) in [6.45, 7) is 3.61. The molecule has 2 aromatic rings. The van der Waals surface area contributed by atoms with Crippen molar-refractivity contribution < 1.29 is 4.39 Å². The van der Waals surface area contributed by atoms with Gasteiger partial charge >= 0.3 is 0 Å². The van der Waals surface area contributed by atoms with Gasteiger partial charge < -0.3 is 5.32 Å². The number of hydrogen-bond acceptors (Lipinski definition) is 1. The Labute approximate surface area is 115 Å². The average Bonchev–Trinajstić information content (AvgIpc) is 2.38. The van der Waals surface area contributed by atoms with E-state index in [0.717, 1.165) is 22.1 Å². The Balaban J connectivity index is 2.33. The molecule has 2 aromatic carbocycles. The average molecular weight is 308 g/mol. The molecule has 0 spiro atoms. The third-order valence-corrected chi connectivity index (χ3v) is 3.47. The molecular formula is C15H15BrFN. The minimum atomic E-state index is -0.183. The molecule has 0 aliphatic heterocycles. The first-order valence-corrected chi connectivity index (χ1v) is 6.75. The van der Waals surface area contributed by atoms with Gasteiger partial charge in [0, 0.05) is 16.6 Å². The lowest BCUT2D eigenvalue weighted by molar-refractivity contribution is 0.625. The van der Waals surface area contributed by atoms with Crippen molar-refractivity contribution in [3.8, 4) is 11.1 Å². The molecule has 1 nitrogen and oxygen atoms in total. The van der Waals surface area contributed by atoms with Gasteiger partial charge in [-0.05, 0) is 29.8 Å². The number of halogens is 2. The van der Waals surface area contributed by atoms with Crippen molar-refractivity contribution in [2.45, 2.75) is 13.5 Å². The van der Waals surface area contributed by atoms with E-state index in [0.29, 0.717) is 12.1 Å². The minimum Gasteiger partial charge on any atom is -0.313 e. The molecule has 0 bridgehead atoms. The predicted octanol–water partition coefficient (Wildman–Crippen LogP) is 4.36. The van der Waals surface area contributed by atoms with E-state index in [1.54, 1.807) is 6.07 Å². The zero-order chi connectivity index (χ0) is 13.0. The molecule has 0 atom stereocenters. The maximum atomic E-state index is 14.1. The second-order valence-corrected chi connectivity index (χ2v) is 4.93. The quantitative estimate of drug-likeness (QED) is 0.884. The fourth-order valence-corrected chi connectivity index (χ4v) is 2.33. The number of nitrogens with one attached hydrogen (secondary N) is 1. The van der Waals surface area contributed by atoms with Gasteiger partial charge in [-0.1, -0.05) is 53.2 Å². The van der Waals surface area contributed by atoms with Crippen molar-refractivity contribution in [2.24, 2.45) is 0 Å². The van der Waals surface area contributed by atoms with E-state index >= 15 is 0 Å². The van der Waals surface area contributed by atoms with E-state index in [-0.39, 0.29) is 5.82 Å². The lowest BCUT2D eigenvalue weighted by Gasteiger charge is -2.08. The van der Waals surface area contributed by atoms with E-state index in [1.165, 1.54) is 0 Å². The third kappa shape index (κ3) is 2.98. The molecule has 0 saturated carbocycles. The highest BCUT2D eigenvalue weighted by Crippen LogP contribution is 2.30. The van der Waals surface area contributed by atoms with Gasteiger partial charge in [-0.3, -0.25) is 0 Å². The first-order chi connectivity index (χ1) is 8.72. The molecule has 0 aromatic heterocycles. The van der Waals surface area contributed by atoms with Crippen LogP contribution < -0.4 is 5.32 Å². The van der Waals surface area contributed by atoms with Gasteiger partial charge in [0.05, 0.1) is 0 Å². The maximum absolute atomic E-state index is 14.1. The summed E-state index contributed by atoms with van der Waals surface area (Å²) in [5.41, 5.74) is 2.47. The van der Waals surface area contributed by atoms with Crippen molar-refractivity contribution in [3.63, 3.8) is 0 Å². The summed E-state index contributed by atoms with van der Waals surface area (Å²) >= 11 is 3.45. The lowest BCUT2D eigenvalue weighted by atomic mass is 10.0. The molecule has 0 fully saturated rings. The summed E-state index contributed by atoms with van der Waals surface area (Å²) in [6, 6.07) is 13.0. The fraction of sp³-hybridized carbons (Fsp3) is 0.200. The number of hydrogen-bond donors (Lipinski definition) is 1. The SMILES string of the molecule is CCNCc1ccc(-c2ccccc2Br)c(F)c1. The second kappa shape index (κ2) is 6.12. The van der Waals surface area contributed by atoms with Crippen molar-refractivity contribution >= 4 is 15.9 Å². The van der Waals surface area contributed by atoms with Gasteiger partial charge in [0.25, 0.3) is 0 Å². The first kappa shape index (κ1) is 13.2. The maximum Gasteiger partial charge on any atom is 0.131 e. The highest BCUT2D eigenvalue weighted by atomic mass is 79.9. The van der Waals surface area contributed by atoms with Gasteiger partial charge in [0.2, 0.25) is 0 Å². The molecule has 0 heterocycles. The van der Waals surface area contributed by atoms with Crippen LogP contribution in [0.15, 0.2) is 46.9 Å². The zero-order valence-corrected chi connectivity index (χ0v) is 11.8. The molecular weight excluding hydrogens is 293 g/mol. The smallest absolute Gasteiger partial charge is 0.131 e. The molecule has 0 unspecified atom stereocenters. The van der Waals surface area contributed by atoms with Crippen LogP contribution in [0.25, 0.3) is 11.1 Å². The summed E-state index contributed by atoms with van der Waals surface area (Å²) < 4.78 is 15.0. The molecule has 0 radical (unpaired) electrons. The zero-order valence-electron chi connectivity index (χ0n) is 10.2. The van der Waals surface area contributed by atoms with E-state index in [4.69, 9.17) is 0 Å². The van der Waals surface area contributed by atoms with Crippen LogP contribution >= 0.6 is 15.9 Å². The van der Waals surface area contributed by atoms with Gasteiger partial charge in [-0.25, -0.2) is 4.39 Å². The molecule has 0 aliphatic rings. The molecule has 1 N–H and O–H groups in total. The highest BCUT2D eigenvalue weighted by Gasteiger charge is 2.08. The van der Waals surface area contributed by atoms with Crippen LogP contribution in [0.1, 0.15) is 12.5 Å².